The SMILES string of the molecule is CCOc1cc(C=Nn2c(C3CCCCC3)nc3ccccc3c2=O)cc([N+](=O)[O-])c1O[C@H](C)CC. The van der Waals surface area contributed by atoms with Crippen molar-refractivity contribution in [2.45, 2.75) is 71.3 Å². The predicted molar refractivity (Wildman–Crippen MR) is 139 cm³/mol. The van der Waals surface area contributed by atoms with Gasteiger partial charge in [-0.1, -0.05) is 38.3 Å². The van der Waals surface area contributed by atoms with Crippen LogP contribution < -0.4 is 15.0 Å². The third kappa shape index (κ3) is 5.40. The lowest BCUT2D eigenvalue weighted by Crippen LogP contribution is -2.25. The Hall–Kier alpha value is -3.75. The number of fused-ring (bicyclic) bond motifs is 1. The molecule has 1 atom stereocenters. The van der Waals surface area contributed by atoms with Crippen molar-refractivity contribution < 1.29 is 14.4 Å². The number of nitro groups is 1. The van der Waals surface area contributed by atoms with E-state index in [1.165, 1.54) is 23.4 Å². The average molecular weight is 493 g/mol. The van der Waals surface area contributed by atoms with Crippen LogP contribution in [0.3, 0.4) is 0 Å². The van der Waals surface area contributed by atoms with E-state index in [-0.39, 0.29) is 34.8 Å². The second-order valence-electron chi connectivity index (χ2n) is 9.08. The topological polar surface area (TPSA) is 109 Å². The highest BCUT2D eigenvalue weighted by Crippen LogP contribution is 2.39. The van der Waals surface area contributed by atoms with Gasteiger partial charge in [0.2, 0.25) is 5.75 Å². The van der Waals surface area contributed by atoms with Crippen LogP contribution in [0.5, 0.6) is 11.5 Å². The van der Waals surface area contributed by atoms with Crippen molar-refractivity contribution in [1.29, 1.82) is 0 Å². The normalized spacial score (nSPS) is 15.3. The van der Waals surface area contributed by atoms with Crippen LogP contribution in [0.2, 0.25) is 0 Å². The van der Waals surface area contributed by atoms with Gasteiger partial charge in [-0.15, -0.1) is 0 Å². The third-order valence-electron chi connectivity index (χ3n) is 6.52. The number of hydrogen-bond donors (Lipinski definition) is 0. The smallest absolute Gasteiger partial charge is 0.315 e. The summed E-state index contributed by atoms with van der Waals surface area (Å²) >= 11 is 0. The van der Waals surface area contributed by atoms with Crippen molar-refractivity contribution >= 4 is 22.8 Å². The lowest BCUT2D eigenvalue weighted by Gasteiger charge is -2.22. The van der Waals surface area contributed by atoms with Crippen LogP contribution >= 0.6 is 0 Å². The standard InChI is InChI=1S/C27H32N4O5/c1-4-18(3)36-25-23(31(33)34)15-19(16-24(25)35-5-2)17-28-30-26(20-11-7-6-8-12-20)29-22-14-10-9-13-21(22)27(30)32/h9-10,13-18,20H,4-8,11-12H2,1-3H3/t18-/m1/s1. The number of hydrogen-bond acceptors (Lipinski definition) is 7. The Labute approximate surface area is 209 Å². The van der Waals surface area contributed by atoms with E-state index in [0.717, 1.165) is 25.7 Å². The molecule has 0 spiro atoms. The number of nitrogens with zero attached hydrogens (tertiary/aromatic N) is 4. The predicted octanol–water partition coefficient (Wildman–Crippen LogP) is 5.81. The Morgan fingerprint density at radius 2 is 1.97 bits per heavy atom. The Morgan fingerprint density at radius 1 is 1.22 bits per heavy atom. The zero-order chi connectivity index (χ0) is 25.7. The van der Waals surface area contributed by atoms with E-state index < -0.39 is 4.92 Å². The van der Waals surface area contributed by atoms with Crippen molar-refractivity contribution in [2.75, 3.05) is 6.61 Å². The first-order valence-electron chi connectivity index (χ1n) is 12.6. The van der Waals surface area contributed by atoms with E-state index in [0.29, 0.717) is 35.3 Å². The lowest BCUT2D eigenvalue weighted by molar-refractivity contribution is -0.386. The summed E-state index contributed by atoms with van der Waals surface area (Å²) in [6.07, 6.45) is 7.15. The van der Waals surface area contributed by atoms with Crippen molar-refractivity contribution in [3.63, 3.8) is 0 Å². The number of ether oxygens (including phenoxy) is 2. The molecule has 36 heavy (non-hydrogen) atoms. The molecule has 0 aliphatic heterocycles. The highest BCUT2D eigenvalue weighted by molar-refractivity contribution is 5.83. The summed E-state index contributed by atoms with van der Waals surface area (Å²) in [5.41, 5.74) is 0.611. The number of aromatic nitrogens is 2. The van der Waals surface area contributed by atoms with Crippen LogP contribution in [0.15, 0.2) is 46.3 Å². The summed E-state index contributed by atoms with van der Waals surface area (Å²) < 4.78 is 12.9. The van der Waals surface area contributed by atoms with Gasteiger partial charge in [-0.2, -0.15) is 9.78 Å². The van der Waals surface area contributed by atoms with Gasteiger partial charge in [-0.3, -0.25) is 14.9 Å². The van der Waals surface area contributed by atoms with Crippen molar-refractivity contribution in [3.8, 4) is 11.5 Å². The maximum absolute atomic E-state index is 13.4. The van der Waals surface area contributed by atoms with E-state index >= 15 is 0 Å². The van der Waals surface area contributed by atoms with Gasteiger partial charge < -0.3 is 9.47 Å². The molecule has 4 rings (SSSR count). The molecule has 0 bridgehead atoms. The van der Waals surface area contributed by atoms with E-state index in [9.17, 15) is 14.9 Å². The third-order valence-corrected chi connectivity index (χ3v) is 6.52. The highest BCUT2D eigenvalue weighted by atomic mass is 16.6. The molecular formula is C27H32N4O5. The highest BCUT2D eigenvalue weighted by Gasteiger charge is 2.25. The van der Waals surface area contributed by atoms with Gasteiger partial charge in [0, 0.05) is 17.5 Å². The van der Waals surface area contributed by atoms with Crippen LogP contribution in [0, 0.1) is 10.1 Å². The Morgan fingerprint density at radius 3 is 2.67 bits per heavy atom. The first-order valence-corrected chi connectivity index (χ1v) is 12.6. The maximum Gasteiger partial charge on any atom is 0.315 e. The summed E-state index contributed by atoms with van der Waals surface area (Å²) in [6.45, 7) is 5.91. The first-order chi connectivity index (χ1) is 17.4. The largest absolute Gasteiger partial charge is 0.490 e. The van der Waals surface area contributed by atoms with E-state index in [1.807, 2.05) is 26.0 Å². The van der Waals surface area contributed by atoms with E-state index in [4.69, 9.17) is 14.5 Å². The van der Waals surface area contributed by atoms with Crippen LogP contribution in [0.1, 0.15) is 76.6 Å². The molecule has 2 aromatic carbocycles. The average Bonchev–Trinajstić information content (AvgIpc) is 2.89. The number of benzene rings is 2. The minimum atomic E-state index is -0.491. The zero-order valence-corrected chi connectivity index (χ0v) is 21.0. The zero-order valence-electron chi connectivity index (χ0n) is 21.0. The Kier molecular flexibility index (Phi) is 7.97. The molecule has 1 aliphatic carbocycles. The van der Waals surface area contributed by atoms with Crippen LogP contribution in [-0.2, 0) is 0 Å². The molecule has 190 valence electrons. The summed E-state index contributed by atoms with van der Waals surface area (Å²) in [5.74, 6) is 1.13. The molecule has 0 radical (unpaired) electrons. The lowest BCUT2D eigenvalue weighted by atomic mass is 9.88. The fourth-order valence-corrected chi connectivity index (χ4v) is 4.49. The summed E-state index contributed by atoms with van der Waals surface area (Å²) in [6, 6.07) is 10.3. The second kappa shape index (κ2) is 11.3. The second-order valence-corrected chi connectivity index (χ2v) is 9.08. The van der Waals surface area contributed by atoms with Gasteiger partial charge in [-0.05, 0) is 51.3 Å². The van der Waals surface area contributed by atoms with Gasteiger partial charge in [0.1, 0.15) is 5.82 Å². The van der Waals surface area contributed by atoms with Crippen LogP contribution in [0.25, 0.3) is 10.9 Å². The van der Waals surface area contributed by atoms with Gasteiger partial charge in [0.05, 0.1) is 34.8 Å². The molecule has 1 heterocycles. The Balaban J connectivity index is 1.82. The van der Waals surface area contributed by atoms with E-state index in [2.05, 4.69) is 5.10 Å². The molecule has 9 nitrogen and oxygen atoms in total. The monoisotopic (exact) mass is 492 g/mol. The van der Waals surface area contributed by atoms with E-state index in [1.54, 1.807) is 25.1 Å². The van der Waals surface area contributed by atoms with Crippen molar-refractivity contribution in [2.24, 2.45) is 5.10 Å². The summed E-state index contributed by atoms with van der Waals surface area (Å²) in [5, 5.41) is 16.9. The number of para-hydroxylation sites is 1. The minimum absolute atomic E-state index is 0.0979. The molecule has 1 fully saturated rings. The molecule has 0 N–H and O–H groups in total. The maximum atomic E-state index is 13.4. The molecule has 0 saturated heterocycles. The fraction of sp³-hybridized carbons (Fsp3) is 0.444. The molecule has 1 aliphatic rings. The van der Waals surface area contributed by atoms with Crippen molar-refractivity contribution in [1.82, 2.24) is 9.66 Å². The number of nitro benzene ring substituents is 1. The first kappa shape index (κ1) is 25.3. The molecule has 0 unspecified atom stereocenters. The molecule has 1 saturated carbocycles. The molecule has 1 aromatic heterocycles. The quantitative estimate of drug-likeness (QED) is 0.212. The van der Waals surface area contributed by atoms with Gasteiger partial charge in [0.25, 0.3) is 5.56 Å². The van der Waals surface area contributed by atoms with Crippen LogP contribution in [0.4, 0.5) is 5.69 Å². The number of rotatable bonds is 9. The van der Waals surface area contributed by atoms with Gasteiger partial charge in [0.15, 0.2) is 5.75 Å². The van der Waals surface area contributed by atoms with Gasteiger partial charge >= 0.3 is 5.69 Å². The molecule has 0 amide bonds. The minimum Gasteiger partial charge on any atom is -0.490 e. The van der Waals surface area contributed by atoms with Gasteiger partial charge in [-0.25, -0.2) is 4.98 Å². The fourth-order valence-electron chi connectivity index (χ4n) is 4.49. The molecule has 3 aromatic rings. The van der Waals surface area contributed by atoms with Crippen LogP contribution in [-0.4, -0.2) is 33.5 Å². The van der Waals surface area contributed by atoms with Crippen molar-refractivity contribution in [3.05, 3.63) is 68.3 Å². The molecular weight excluding hydrogens is 460 g/mol. The Bertz CT molecular complexity index is 1330. The summed E-state index contributed by atoms with van der Waals surface area (Å²) in [4.78, 5) is 29.6. The summed E-state index contributed by atoms with van der Waals surface area (Å²) in [7, 11) is 0. The molecule has 9 heteroatoms.